The third-order valence-corrected chi connectivity index (χ3v) is 4.73. The van der Waals surface area contributed by atoms with Crippen molar-refractivity contribution in [1.29, 1.82) is 0 Å². The highest BCUT2D eigenvalue weighted by molar-refractivity contribution is 5.59. The number of hydrogen-bond donors (Lipinski definition) is 1. The molecule has 7 heteroatoms. The molecule has 0 fully saturated rings. The Kier molecular flexibility index (Phi) is 6.24. The van der Waals surface area contributed by atoms with Crippen molar-refractivity contribution in [2.45, 2.75) is 6.92 Å². The molecule has 0 bridgehead atoms. The fraction of sp³-hybridized carbons (Fsp3) is 0.208. The summed E-state index contributed by atoms with van der Waals surface area (Å²) in [5.41, 5.74) is 4.09. The maximum atomic E-state index is 5.73. The van der Waals surface area contributed by atoms with E-state index in [2.05, 4.69) is 56.5 Å². The van der Waals surface area contributed by atoms with Crippen molar-refractivity contribution in [3.8, 4) is 22.8 Å². The predicted molar refractivity (Wildman–Crippen MR) is 123 cm³/mol. The lowest BCUT2D eigenvalue weighted by Crippen LogP contribution is -2.19. The molecule has 0 spiro atoms. The molecule has 1 N–H and O–H groups in total. The van der Waals surface area contributed by atoms with E-state index in [1.165, 1.54) is 5.56 Å². The topological polar surface area (TPSA) is 68.1 Å². The van der Waals surface area contributed by atoms with Crippen LogP contribution in [0.5, 0.6) is 5.75 Å². The molecule has 31 heavy (non-hydrogen) atoms. The molecule has 0 radical (unpaired) electrons. The van der Waals surface area contributed by atoms with E-state index >= 15 is 0 Å². The highest BCUT2D eigenvalue weighted by Gasteiger charge is 2.07. The van der Waals surface area contributed by atoms with Crippen LogP contribution in [-0.4, -0.2) is 51.9 Å². The Balaban J connectivity index is 1.43. The van der Waals surface area contributed by atoms with E-state index in [9.17, 15) is 0 Å². The van der Waals surface area contributed by atoms with Gasteiger partial charge in [0.15, 0.2) is 5.82 Å². The maximum absolute atomic E-state index is 5.73. The number of likely N-dealkylation sites (N-methyl/N-ethyl adjacent to an activating group) is 1. The molecule has 2 aromatic heterocycles. The number of nitrogens with zero attached hydrogens (tertiary/aromatic N) is 5. The molecule has 7 nitrogen and oxygen atoms in total. The van der Waals surface area contributed by atoms with Crippen LogP contribution in [0.25, 0.3) is 17.1 Å². The fourth-order valence-electron chi connectivity index (χ4n) is 2.98. The van der Waals surface area contributed by atoms with Crippen LogP contribution >= 0.6 is 0 Å². The second kappa shape index (κ2) is 9.40. The summed E-state index contributed by atoms with van der Waals surface area (Å²) < 4.78 is 7.49. The summed E-state index contributed by atoms with van der Waals surface area (Å²) in [6.45, 7) is 3.60. The van der Waals surface area contributed by atoms with Crippen molar-refractivity contribution in [1.82, 2.24) is 24.6 Å². The molecule has 0 aliphatic rings. The van der Waals surface area contributed by atoms with E-state index in [1.807, 2.05) is 56.7 Å². The van der Waals surface area contributed by atoms with Crippen LogP contribution in [0, 0.1) is 6.92 Å². The molecule has 2 aromatic carbocycles. The summed E-state index contributed by atoms with van der Waals surface area (Å²) in [6.07, 6.45) is 3.62. The Morgan fingerprint density at radius 3 is 2.48 bits per heavy atom. The van der Waals surface area contributed by atoms with Gasteiger partial charge in [-0.3, -0.25) is 0 Å². The Labute approximate surface area is 182 Å². The molecule has 0 aliphatic heterocycles. The molecular weight excluding hydrogens is 388 g/mol. The molecular formula is C24H26N6O. The van der Waals surface area contributed by atoms with Crippen molar-refractivity contribution in [3.05, 3.63) is 78.6 Å². The average Bonchev–Trinajstić information content (AvgIpc) is 3.26. The lowest BCUT2D eigenvalue weighted by atomic mass is 10.1. The SMILES string of the molecule is Cc1ccc(-c2ccn(-c3ccnc(Nc4ccc(OCCN(C)C)cc4)n3)n2)cc1. The number of aryl methyl sites for hydroxylation is 1. The molecule has 2 heterocycles. The van der Waals surface area contributed by atoms with E-state index < -0.39 is 0 Å². The largest absolute Gasteiger partial charge is 0.492 e. The van der Waals surface area contributed by atoms with E-state index in [-0.39, 0.29) is 0 Å². The molecule has 0 unspecified atom stereocenters. The van der Waals surface area contributed by atoms with Gasteiger partial charge in [-0.25, -0.2) is 9.67 Å². The highest BCUT2D eigenvalue weighted by Crippen LogP contribution is 2.20. The Morgan fingerprint density at radius 2 is 1.74 bits per heavy atom. The normalized spacial score (nSPS) is 11.0. The van der Waals surface area contributed by atoms with Crippen LogP contribution in [0.2, 0.25) is 0 Å². The minimum absolute atomic E-state index is 0.506. The smallest absolute Gasteiger partial charge is 0.229 e. The van der Waals surface area contributed by atoms with E-state index in [0.717, 1.165) is 29.2 Å². The van der Waals surface area contributed by atoms with Crippen molar-refractivity contribution in [3.63, 3.8) is 0 Å². The molecule has 0 amide bonds. The number of benzene rings is 2. The van der Waals surface area contributed by atoms with Gasteiger partial charge in [0.2, 0.25) is 5.95 Å². The standard InChI is InChI=1S/C24H26N6O/c1-18-4-6-19(7-5-18)22-13-15-30(28-22)23-12-14-25-24(27-23)26-20-8-10-21(11-9-20)31-17-16-29(2)3/h4-15H,16-17H2,1-3H3,(H,25,26,27). The number of hydrogen-bond acceptors (Lipinski definition) is 6. The predicted octanol–water partition coefficient (Wildman–Crippen LogP) is 4.32. The molecule has 4 aromatic rings. The van der Waals surface area contributed by atoms with Crippen molar-refractivity contribution < 1.29 is 4.74 Å². The van der Waals surface area contributed by atoms with Crippen LogP contribution < -0.4 is 10.1 Å². The first-order chi connectivity index (χ1) is 15.1. The van der Waals surface area contributed by atoms with Crippen LogP contribution in [0.4, 0.5) is 11.6 Å². The minimum atomic E-state index is 0.506. The van der Waals surface area contributed by atoms with Gasteiger partial charge < -0.3 is 15.0 Å². The van der Waals surface area contributed by atoms with Crippen molar-refractivity contribution >= 4 is 11.6 Å². The van der Waals surface area contributed by atoms with Crippen LogP contribution in [0.1, 0.15) is 5.56 Å². The minimum Gasteiger partial charge on any atom is -0.492 e. The summed E-state index contributed by atoms with van der Waals surface area (Å²) in [5, 5.41) is 7.89. The van der Waals surface area contributed by atoms with Crippen molar-refractivity contribution in [2.75, 3.05) is 32.6 Å². The van der Waals surface area contributed by atoms with Crippen LogP contribution in [-0.2, 0) is 0 Å². The summed E-state index contributed by atoms with van der Waals surface area (Å²) in [6, 6.07) is 19.9. The van der Waals surface area contributed by atoms with E-state index in [4.69, 9.17) is 4.74 Å². The summed E-state index contributed by atoms with van der Waals surface area (Å²) in [7, 11) is 4.05. The first-order valence-electron chi connectivity index (χ1n) is 10.2. The van der Waals surface area contributed by atoms with Gasteiger partial charge in [0.25, 0.3) is 0 Å². The fourth-order valence-corrected chi connectivity index (χ4v) is 2.98. The first kappa shape index (κ1) is 20.6. The number of anilines is 2. The zero-order valence-electron chi connectivity index (χ0n) is 18.0. The van der Waals surface area contributed by atoms with Gasteiger partial charge in [-0.1, -0.05) is 29.8 Å². The van der Waals surface area contributed by atoms with Gasteiger partial charge in [0.1, 0.15) is 12.4 Å². The molecule has 4 rings (SSSR count). The maximum Gasteiger partial charge on any atom is 0.229 e. The number of rotatable bonds is 8. The monoisotopic (exact) mass is 414 g/mol. The number of ether oxygens (including phenoxy) is 1. The van der Waals surface area contributed by atoms with Crippen molar-refractivity contribution in [2.24, 2.45) is 0 Å². The first-order valence-corrected chi connectivity index (χ1v) is 10.2. The van der Waals surface area contributed by atoms with Crippen LogP contribution in [0.3, 0.4) is 0 Å². The summed E-state index contributed by atoms with van der Waals surface area (Å²) in [5.74, 6) is 2.04. The summed E-state index contributed by atoms with van der Waals surface area (Å²) in [4.78, 5) is 11.0. The third kappa shape index (κ3) is 5.46. The Bertz CT molecular complexity index is 1120. The van der Waals surface area contributed by atoms with E-state index in [1.54, 1.807) is 10.9 Å². The second-order valence-corrected chi connectivity index (χ2v) is 7.55. The van der Waals surface area contributed by atoms with Crippen LogP contribution in [0.15, 0.2) is 73.1 Å². The van der Waals surface area contributed by atoms with Gasteiger partial charge in [-0.15, -0.1) is 0 Å². The van der Waals surface area contributed by atoms with Gasteiger partial charge in [0.05, 0.1) is 5.69 Å². The van der Waals surface area contributed by atoms with Gasteiger partial charge >= 0.3 is 0 Å². The third-order valence-electron chi connectivity index (χ3n) is 4.73. The average molecular weight is 415 g/mol. The number of aromatic nitrogens is 4. The molecule has 158 valence electrons. The highest BCUT2D eigenvalue weighted by atomic mass is 16.5. The quantitative estimate of drug-likeness (QED) is 0.463. The molecule has 0 aliphatic carbocycles. The lowest BCUT2D eigenvalue weighted by molar-refractivity contribution is 0.261. The van der Waals surface area contributed by atoms with Gasteiger partial charge in [0, 0.05) is 36.3 Å². The zero-order chi connectivity index (χ0) is 21.6. The zero-order valence-corrected chi connectivity index (χ0v) is 18.0. The lowest BCUT2D eigenvalue weighted by Gasteiger charge is -2.11. The molecule has 0 saturated heterocycles. The molecule has 0 saturated carbocycles. The molecule has 0 atom stereocenters. The van der Waals surface area contributed by atoms with Gasteiger partial charge in [-0.05, 0) is 51.4 Å². The Morgan fingerprint density at radius 1 is 0.968 bits per heavy atom. The van der Waals surface area contributed by atoms with Gasteiger partial charge in [-0.2, -0.15) is 10.1 Å². The second-order valence-electron chi connectivity index (χ2n) is 7.55. The Hall–Kier alpha value is -3.71. The summed E-state index contributed by atoms with van der Waals surface area (Å²) >= 11 is 0. The number of nitrogens with one attached hydrogen (secondary N) is 1. The van der Waals surface area contributed by atoms with E-state index in [0.29, 0.717) is 18.4 Å².